The highest BCUT2D eigenvalue weighted by atomic mass is 19.2. The van der Waals surface area contributed by atoms with E-state index in [1.165, 1.54) is 0 Å². The minimum atomic E-state index is -1.59. The maximum atomic E-state index is 13.7. The molecule has 1 heterocycles. The fourth-order valence-corrected chi connectivity index (χ4v) is 2.34. The molecule has 1 aromatic heterocycles. The van der Waals surface area contributed by atoms with E-state index >= 15 is 0 Å². The minimum Gasteiger partial charge on any atom is -0.319 e. The number of hydrogen-bond acceptors (Lipinski definition) is 1. The topological polar surface area (TPSA) is 32.9 Å². The summed E-state index contributed by atoms with van der Waals surface area (Å²) in [5, 5.41) is 0.889. The second-order valence-corrected chi connectivity index (χ2v) is 4.60. The van der Waals surface area contributed by atoms with E-state index in [1.807, 2.05) is 34.6 Å². The van der Waals surface area contributed by atoms with Crippen LogP contribution in [0, 0.1) is 17.5 Å². The van der Waals surface area contributed by atoms with Crippen LogP contribution in [-0.4, -0.2) is 4.98 Å². The molecule has 2 aromatic carbocycles. The SMILES string of the molecule is CC.CC.CCc1ccc2c(c1)c(=O)[nH]c1c(F)c(F)c(F)cc12. The fraction of sp³-hybridized carbons (Fsp3) is 0.316. The summed E-state index contributed by atoms with van der Waals surface area (Å²) in [6, 6.07) is 5.98. The number of aromatic amines is 1. The van der Waals surface area contributed by atoms with E-state index in [0.717, 1.165) is 18.1 Å². The predicted octanol–water partition coefficient (Wildman–Crippen LogP) is 5.71. The van der Waals surface area contributed by atoms with Crippen molar-refractivity contribution < 1.29 is 13.2 Å². The van der Waals surface area contributed by atoms with Crippen molar-refractivity contribution in [2.75, 3.05) is 0 Å². The number of hydrogen-bond donors (Lipinski definition) is 1. The van der Waals surface area contributed by atoms with Gasteiger partial charge in [0.05, 0.1) is 5.52 Å². The Hall–Kier alpha value is -2.30. The van der Waals surface area contributed by atoms with Crippen molar-refractivity contribution in [3.63, 3.8) is 0 Å². The predicted molar refractivity (Wildman–Crippen MR) is 94.0 cm³/mol. The van der Waals surface area contributed by atoms with Crippen LogP contribution in [0.1, 0.15) is 40.2 Å². The molecule has 0 aliphatic heterocycles. The highest BCUT2D eigenvalue weighted by molar-refractivity contribution is 6.05. The van der Waals surface area contributed by atoms with Gasteiger partial charge in [0, 0.05) is 10.8 Å². The molecule has 0 bridgehead atoms. The number of aryl methyl sites for hydroxylation is 1. The Morgan fingerprint density at radius 1 is 0.875 bits per heavy atom. The molecule has 0 atom stereocenters. The van der Waals surface area contributed by atoms with Crippen LogP contribution >= 0.6 is 0 Å². The molecule has 0 spiro atoms. The van der Waals surface area contributed by atoms with Crippen LogP contribution in [0.4, 0.5) is 13.2 Å². The van der Waals surface area contributed by atoms with Gasteiger partial charge in [-0.05, 0) is 29.5 Å². The lowest BCUT2D eigenvalue weighted by Crippen LogP contribution is -2.09. The van der Waals surface area contributed by atoms with Crippen molar-refractivity contribution in [2.24, 2.45) is 0 Å². The third kappa shape index (κ3) is 3.45. The third-order valence-corrected chi connectivity index (χ3v) is 3.43. The quantitative estimate of drug-likeness (QED) is 0.447. The second-order valence-electron chi connectivity index (χ2n) is 4.60. The maximum Gasteiger partial charge on any atom is 0.256 e. The van der Waals surface area contributed by atoms with Crippen molar-refractivity contribution >= 4 is 21.7 Å². The van der Waals surface area contributed by atoms with Gasteiger partial charge in [-0.3, -0.25) is 4.79 Å². The van der Waals surface area contributed by atoms with Gasteiger partial charge in [0.1, 0.15) is 0 Å². The normalized spacial score (nSPS) is 10.0. The van der Waals surface area contributed by atoms with Crippen LogP contribution < -0.4 is 5.56 Å². The molecule has 5 heteroatoms. The Kier molecular flexibility index (Phi) is 7.01. The lowest BCUT2D eigenvalue weighted by molar-refractivity contribution is 0.452. The van der Waals surface area contributed by atoms with Crippen molar-refractivity contribution in [3.05, 3.63) is 57.6 Å². The summed E-state index contributed by atoms with van der Waals surface area (Å²) >= 11 is 0. The Morgan fingerprint density at radius 3 is 2.08 bits per heavy atom. The van der Waals surface area contributed by atoms with E-state index in [2.05, 4.69) is 4.98 Å². The molecule has 130 valence electrons. The summed E-state index contributed by atoms with van der Waals surface area (Å²) in [5.74, 6) is -4.24. The van der Waals surface area contributed by atoms with Gasteiger partial charge in [0.15, 0.2) is 17.5 Å². The molecule has 3 rings (SSSR count). The van der Waals surface area contributed by atoms with Gasteiger partial charge in [-0.25, -0.2) is 13.2 Å². The van der Waals surface area contributed by atoms with Crippen LogP contribution in [0.3, 0.4) is 0 Å². The lowest BCUT2D eigenvalue weighted by atomic mass is 10.0. The number of halogens is 3. The smallest absolute Gasteiger partial charge is 0.256 e. The standard InChI is InChI=1S/C15H10F3NO.2C2H6/c1-2-7-3-4-8-9-6-11(16)12(17)13(18)14(9)19-15(20)10(8)5-7;2*1-2/h3-6H,2H2,1H3,(H,19,20);2*1-2H3. The first kappa shape index (κ1) is 19.7. The van der Waals surface area contributed by atoms with Gasteiger partial charge in [0.25, 0.3) is 5.56 Å². The molecule has 0 saturated heterocycles. The summed E-state index contributed by atoms with van der Waals surface area (Å²) in [7, 11) is 0. The monoisotopic (exact) mass is 337 g/mol. The molecule has 0 radical (unpaired) electrons. The van der Waals surface area contributed by atoms with Crippen molar-refractivity contribution in [1.82, 2.24) is 4.98 Å². The van der Waals surface area contributed by atoms with E-state index in [-0.39, 0.29) is 10.9 Å². The average molecular weight is 337 g/mol. The third-order valence-electron chi connectivity index (χ3n) is 3.43. The maximum absolute atomic E-state index is 13.7. The molecule has 3 aromatic rings. The van der Waals surface area contributed by atoms with Gasteiger partial charge in [-0.1, -0.05) is 46.8 Å². The first-order chi connectivity index (χ1) is 11.5. The zero-order valence-electron chi connectivity index (χ0n) is 14.6. The van der Waals surface area contributed by atoms with Crippen LogP contribution in [0.25, 0.3) is 21.7 Å². The Balaban J connectivity index is 0.000000671. The first-order valence-electron chi connectivity index (χ1n) is 8.15. The number of rotatable bonds is 1. The Bertz CT molecular complexity index is 901. The molecule has 0 aliphatic rings. The van der Waals surface area contributed by atoms with Crippen molar-refractivity contribution in [1.29, 1.82) is 0 Å². The molecular weight excluding hydrogens is 315 g/mol. The fourth-order valence-electron chi connectivity index (χ4n) is 2.34. The zero-order valence-corrected chi connectivity index (χ0v) is 14.6. The van der Waals surface area contributed by atoms with E-state index in [1.54, 1.807) is 18.2 Å². The van der Waals surface area contributed by atoms with Gasteiger partial charge in [0.2, 0.25) is 0 Å². The van der Waals surface area contributed by atoms with E-state index in [0.29, 0.717) is 10.8 Å². The van der Waals surface area contributed by atoms with Gasteiger partial charge in [-0.2, -0.15) is 0 Å². The number of aromatic nitrogens is 1. The van der Waals surface area contributed by atoms with Gasteiger partial charge < -0.3 is 4.98 Å². The number of benzene rings is 2. The Labute approximate surface area is 139 Å². The molecule has 0 amide bonds. The van der Waals surface area contributed by atoms with E-state index < -0.39 is 23.0 Å². The summed E-state index contributed by atoms with van der Waals surface area (Å²) in [6.07, 6.45) is 0.736. The van der Waals surface area contributed by atoms with Crippen molar-refractivity contribution in [2.45, 2.75) is 41.0 Å². The Morgan fingerprint density at radius 2 is 1.50 bits per heavy atom. The van der Waals surface area contributed by atoms with E-state index in [9.17, 15) is 18.0 Å². The summed E-state index contributed by atoms with van der Waals surface area (Å²) in [6.45, 7) is 9.94. The molecule has 1 N–H and O–H groups in total. The van der Waals surface area contributed by atoms with Crippen LogP contribution in [0.2, 0.25) is 0 Å². The average Bonchev–Trinajstić information content (AvgIpc) is 2.64. The number of nitrogens with one attached hydrogen (secondary N) is 1. The number of H-pyrrole nitrogens is 1. The highest BCUT2D eigenvalue weighted by Crippen LogP contribution is 2.27. The molecule has 0 fully saturated rings. The molecule has 0 aliphatic carbocycles. The van der Waals surface area contributed by atoms with Crippen molar-refractivity contribution in [3.8, 4) is 0 Å². The number of pyridine rings is 1. The van der Waals surface area contributed by atoms with Gasteiger partial charge >= 0.3 is 0 Å². The molecular formula is C19H22F3NO. The first-order valence-corrected chi connectivity index (χ1v) is 8.15. The highest BCUT2D eigenvalue weighted by Gasteiger charge is 2.17. The van der Waals surface area contributed by atoms with Gasteiger partial charge in [-0.15, -0.1) is 0 Å². The molecule has 0 saturated carbocycles. The minimum absolute atomic E-state index is 0.152. The molecule has 0 unspecified atom stereocenters. The summed E-state index contributed by atoms with van der Waals surface area (Å²) in [4.78, 5) is 14.3. The van der Waals surface area contributed by atoms with E-state index in [4.69, 9.17) is 0 Å². The summed E-state index contributed by atoms with van der Waals surface area (Å²) in [5.41, 5.74) is 0.101. The lowest BCUT2D eigenvalue weighted by Gasteiger charge is -2.07. The van der Waals surface area contributed by atoms with Crippen LogP contribution in [0.15, 0.2) is 29.1 Å². The number of fused-ring (bicyclic) bond motifs is 3. The van der Waals surface area contributed by atoms with Crippen LogP contribution in [-0.2, 0) is 6.42 Å². The summed E-state index contributed by atoms with van der Waals surface area (Å²) < 4.78 is 40.3. The largest absolute Gasteiger partial charge is 0.319 e. The van der Waals surface area contributed by atoms with Crippen LogP contribution in [0.5, 0.6) is 0 Å². The molecule has 2 nitrogen and oxygen atoms in total. The zero-order chi connectivity index (χ0) is 18.4. The molecule has 24 heavy (non-hydrogen) atoms. The second kappa shape index (κ2) is 8.52.